The van der Waals surface area contributed by atoms with Gasteiger partial charge in [0, 0.05) is 0 Å². The summed E-state index contributed by atoms with van der Waals surface area (Å²) in [6.45, 7) is 0.638. The van der Waals surface area contributed by atoms with E-state index >= 15 is 0 Å². The van der Waals surface area contributed by atoms with Crippen LogP contribution in [-0.2, 0) is 6.42 Å². The lowest BCUT2D eigenvalue weighted by Crippen LogP contribution is -2.39. The van der Waals surface area contributed by atoms with E-state index in [2.05, 4.69) is 0 Å². The first-order chi connectivity index (χ1) is 7.17. The van der Waals surface area contributed by atoms with Crippen molar-refractivity contribution in [3.05, 3.63) is 34.6 Å². The monoisotopic (exact) mass is 227 g/mol. The molecule has 1 fully saturated rings. The summed E-state index contributed by atoms with van der Waals surface area (Å²) in [5.41, 5.74) is 6.58. The van der Waals surface area contributed by atoms with Crippen LogP contribution < -0.4 is 5.73 Å². The summed E-state index contributed by atoms with van der Waals surface area (Å²) in [6.07, 6.45) is 4.14. The van der Waals surface area contributed by atoms with E-state index in [9.17, 15) is 4.39 Å². The van der Waals surface area contributed by atoms with Crippen LogP contribution in [0.3, 0.4) is 0 Å². The van der Waals surface area contributed by atoms with E-state index in [1.165, 1.54) is 6.42 Å². The lowest BCUT2D eigenvalue weighted by atomic mass is 9.65. The van der Waals surface area contributed by atoms with Crippen molar-refractivity contribution >= 4 is 11.6 Å². The van der Waals surface area contributed by atoms with Crippen LogP contribution in [0.1, 0.15) is 24.8 Å². The fourth-order valence-electron chi connectivity index (χ4n) is 2.22. The molecule has 0 saturated heterocycles. The Morgan fingerprint density at radius 1 is 1.40 bits per heavy atom. The minimum Gasteiger partial charge on any atom is -0.330 e. The molecule has 1 aliphatic rings. The summed E-state index contributed by atoms with van der Waals surface area (Å²) in [5, 5.41) is 0.207. The Kier molecular flexibility index (Phi) is 2.98. The molecule has 0 radical (unpaired) electrons. The van der Waals surface area contributed by atoms with Crippen LogP contribution in [-0.4, -0.2) is 6.54 Å². The topological polar surface area (TPSA) is 26.0 Å². The molecule has 2 rings (SSSR count). The SMILES string of the molecule is NCC1(Cc2cccc(Cl)c2F)CCC1. The van der Waals surface area contributed by atoms with Gasteiger partial charge >= 0.3 is 0 Å². The van der Waals surface area contributed by atoms with Gasteiger partial charge in [-0.2, -0.15) is 0 Å². The van der Waals surface area contributed by atoms with Crippen molar-refractivity contribution in [2.24, 2.45) is 11.1 Å². The molecule has 0 atom stereocenters. The number of hydrogen-bond donors (Lipinski definition) is 1. The number of nitrogens with two attached hydrogens (primary N) is 1. The molecule has 82 valence electrons. The fraction of sp³-hybridized carbons (Fsp3) is 0.500. The molecular weight excluding hydrogens is 213 g/mol. The third kappa shape index (κ3) is 2.01. The van der Waals surface area contributed by atoms with E-state index in [1.54, 1.807) is 18.2 Å². The largest absolute Gasteiger partial charge is 0.330 e. The van der Waals surface area contributed by atoms with Crippen molar-refractivity contribution in [2.75, 3.05) is 6.54 Å². The molecule has 0 aromatic heterocycles. The van der Waals surface area contributed by atoms with E-state index in [-0.39, 0.29) is 16.3 Å². The molecule has 2 N–H and O–H groups in total. The second kappa shape index (κ2) is 4.11. The van der Waals surface area contributed by atoms with Gasteiger partial charge in [0.15, 0.2) is 0 Å². The molecule has 0 spiro atoms. The van der Waals surface area contributed by atoms with Crippen LogP contribution in [0.2, 0.25) is 5.02 Å². The first-order valence-corrected chi connectivity index (χ1v) is 5.68. The number of hydrogen-bond acceptors (Lipinski definition) is 1. The highest BCUT2D eigenvalue weighted by atomic mass is 35.5. The quantitative estimate of drug-likeness (QED) is 0.844. The molecular formula is C12H15ClFN. The van der Waals surface area contributed by atoms with E-state index in [0.29, 0.717) is 12.1 Å². The molecule has 3 heteroatoms. The predicted molar refractivity (Wildman–Crippen MR) is 60.5 cm³/mol. The molecule has 0 aliphatic heterocycles. The molecule has 1 nitrogen and oxygen atoms in total. The third-order valence-corrected chi connectivity index (χ3v) is 3.74. The molecule has 1 saturated carbocycles. The summed E-state index contributed by atoms with van der Waals surface area (Å²) in [5.74, 6) is -0.279. The van der Waals surface area contributed by atoms with Crippen LogP contribution in [0.15, 0.2) is 18.2 Å². The highest BCUT2D eigenvalue weighted by Crippen LogP contribution is 2.43. The van der Waals surface area contributed by atoms with Crippen molar-refractivity contribution in [1.29, 1.82) is 0 Å². The molecule has 0 amide bonds. The Balaban J connectivity index is 2.20. The minimum atomic E-state index is -0.279. The van der Waals surface area contributed by atoms with Crippen LogP contribution >= 0.6 is 11.6 Å². The normalized spacial score (nSPS) is 18.6. The van der Waals surface area contributed by atoms with Crippen LogP contribution in [0, 0.1) is 11.2 Å². The van der Waals surface area contributed by atoms with Crippen molar-refractivity contribution in [3.63, 3.8) is 0 Å². The van der Waals surface area contributed by atoms with Crippen molar-refractivity contribution in [1.82, 2.24) is 0 Å². The molecule has 1 aromatic carbocycles. The maximum Gasteiger partial charge on any atom is 0.144 e. The van der Waals surface area contributed by atoms with Crippen molar-refractivity contribution < 1.29 is 4.39 Å². The summed E-state index contributed by atoms with van der Waals surface area (Å²) in [6, 6.07) is 5.18. The molecule has 1 aliphatic carbocycles. The number of halogens is 2. The van der Waals surface area contributed by atoms with Crippen LogP contribution in [0.5, 0.6) is 0 Å². The average Bonchev–Trinajstić information content (AvgIpc) is 2.18. The van der Waals surface area contributed by atoms with Gasteiger partial charge in [-0.05, 0) is 42.9 Å². The Morgan fingerprint density at radius 2 is 2.13 bits per heavy atom. The van der Waals surface area contributed by atoms with Gasteiger partial charge in [-0.15, -0.1) is 0 Å². The summed E-state index contributed by atoms with van der Waals surface area (Å²) in [7, 11) is 0. The summed E-state index contributed by atoms with van der Waals surface area (Å²) in [4.78, 5) is 0. The molecule has 0 unspecified atom stereocenters. The highest BCUT2D eigenvalue weighted by molar-refractivity contribution is 6.30. The highest BCUT2D eigenvalue weighted by Gasteiger charge is 2.36. The molecule has 15 heavy (non-hydrogen) atoms. The smallest absolute Gasteiger partial charge is 0.144 e. The van der Waals surface area contributed by atoms with Crippen LogP contribution in [0.25, 0.3) is 0 Å². The zero-order valence-electron chi connectivity index (χ0n) is 8.60. The maximum absolute atomic E-state index is 13.7. The standard InChI is InChI=1S/C12H15ClFN/c13-10-4-1-3-9(11(10)14)7-12(8-15)5-2-6-12/h1,3-4H,2,5-8,15H2. The van der Waals surface area contributed by atoms with Gasteiger partial charge < -0.3 is 5.73 Å². The van der Waals surface area contributed by atoms with Crippen LogP contribution in [0.4, 0.5) is 4.39 Å². The average molecular weight is 228 g/mol. The van der Waals surface area contributed by atoms with Gasteiger partial charge in [0.2, 0.25) is 0 Å². The summed E-state index contributed by atoms with van der Waals surface area (Å²) < 4.78 is 13.7. The lowest BCUT2D eigenvalue weighted by Gasteiger charge is -2.41. The summed E-state index contributed by atoms with van der Waals surface area (Å²) >= 11 is 5.74. The second-order valence-corrected chi connectivity index (χ2v) is 4.85. The van der Waals surface area contributed by atoms with Gasteiger partial charge in [0.1, 0.15) is 5.82 Å². The minimum absolute atomic E-state index is 0.130. The zero-order valence-corrected chi connectivity index (χ0v) is 9.36. The van der Waals surface area contributed by atoms with Gasteiger partial charge in [0.05, 0.1) is 5.02 Å². The Morgan fingerprint density at radius 3 is 2.67 bits per heavy atom. The molecule has 1 aromatic rings. The van der Waals surface area contributed by atoms with E-state index in [1.807, 2.05) is 0 Å². The predicted octanol–water partition coefficient (Wildman–Crippen LogP) is 3.15. The van der Waals surface area contributed by atoms with E-state index < -0.39 is 0 Å². The zero-order chi connectivity index (χ0) is 10.9. The maximum atomic E-state index is 13.7. The van der Waals surface area contributed by atoms with E-state index in [0.717, 1.165) is 19.3 Å². The number of rotatable bonds is 3. The van der Waals surface area contributed by atoms with Crippen molar-refractivity contribution in [2.45, 2.75) is 25.7 Å². The lowest BCUT2D eigenvalue weighted by molar-refractivity contribution is 0.143. The third-order valence-electron chi connectivity index (χ3n) is 3.44. The van der Waals surface area contributed by atoms with Gasteiger partial charge in [-0.25, -0.2) is 4.39 Å². The van der Waals surface area contributed by atoms with Gasteiger partial charge in [-0.3, -0.25) is 0 Å². The first kappa shape index (κ1) is 10.9. The fourth-order valence-corrected chi connectivity index (χ4v) is 2.41. The Labute approximate surface area is 94.4 Å². The second-order valence-electron chi connectivity index (χ2n) is 4.45. The van der Waals surface area contributed by atoms with Crippen molar-refractivity contribution in [3.8, 4) is 0 Å². The molecule has 0 bridgehead atoms. The first-order valence-electron chi connectivity index (χ1n) is 5.30. The molecule has 0 heterocycles. The Hall–Kier alpha value is -0.600. The van der Waals surface area contributed by atoms with Gasteiger partial charge in [-0.1, -0.05) is 30.2 Å². The van der Waals surface area contributed by atoms with Gasteiger partial charge in [0.25, 0.3) is 0 Å². The Bertz CT molecular complexity index is 355. The van der Waals surface area contributed by atoms with E-state index in [4.69, 9.17) is 17.3 Å². The number of benzene rings is 1.